The number of rotatable bonds is 4. The maximum Gasteiger partial charge on any atom is 0.0625 e. The molecule has 0 amide bonds. The molecule has 0 aromatic carbocycles. The zero-order chi connectivity index (χ0) is 8.97. The van der Waals surface area contributed by atoms with Gasteiger partial charge in [-0.15, -0.1) is 0 Å². The first-order valence-corrected chi connectivity index (χ1v) is 4.87. The van der Waals surface area contributed by atoms with Crippen molar-refractivity contribution in [3.05, 3.63) is 0 Å². The molecule has 1 rings (SSSR count). The molecule has 0 N–H and O–H groups in total. The molecule has 72 valence electrons. The van der Waals surface area contributed by atoms with Crippen molar-refractivity contribution in [3.8, 4) is 0 Å². The summed E-state index contributed by atoms with van der Waals surface area (Å²) in [6.45, 7) is 2.23. The molecule has 1 saturated carbocycles. The summed E-state index contributed by atoms with van der Waals surface area (Å²) < 4.78 is 10.8. The van der Waals surface area contributed by atoms with Gasteiger partial charge in [-0.2, -0.15) is 0 Å². The van der Waals surface area contributed by atoms with Crippen molar-refractivity contribution >= 4 is 0 Å². The summed E-state index contributed by atoms with van der Waals surface area (Å²) in [6.07, 6.45) is 5.67. The van der Waals surface area contributed by atoms with Gasteiger partial charge in [0.15, 0.2) is 0 Å². The molecule has 3 unspecified atom stereocenters. The van der Waals surface area contributed by atoms with E-state index in [0.717, 1.165) is 12.3 Å². The Morgan fingerprint density at radius 2 is 1.92 bits per heavy atom. The van der Waals surface area contributed by atoms with E-state index in [2.05, 4.69) is 6.92 Å². The minimum absolute atomic E-state index is 0.437. The van der Waals surface area contributed by atoms with Crippen molar-refractivity contribution in [1.29, 1.82) is 0 Å². The summed E-state index contributed by atoms with van der Waals surface area (Å²) in [7, 11) is 3.61. The summed E-state index contributed by atoms with van der Waals surface area (Å²) in [6, 6.07) is 0. The van der Waals surface area contributed by atoms with Crippen LogP contribution in [-0.2, 0) is 9.47 Å². The van der Waals surface area contributed by atoms with E-state index < -0.39 is 0 Å². The molecule has 0 saturated heterocycles. The Labute approximate surface area is 75.2 Å². The van der Waals surface area contributed by atoms with Crippen LogP contribution in [0, 0.1) is 5.92 Å². The van der Waals surface area contributed by atoms with Gasteiger partial charge in [-0.05, 0) is 18.8 Å². The summed E-state index contributed by atoms with van der Waals surface area (Å²) >= 11 is 0. The fourth-order valence-electron chi connectivity index (χ4n) is 2.19. The van der Waals surface area contributed by atoms with E-state index in [1.54, 1.807) is 7.11 Å². The molecule has 0 aromatic heterocycles. The van der Waals surface area contributed by atoms with Gasteiger partial charge in [0.05, 0.1) is 12.2 Å². The van der Waals surface area contributed by atoms with Crippen LogP contribution in [-0.4, -0.2) is 26.4 Å². The van der Waals surface area contributed by atoms with Gasteiger partial charge in [-0.25, -0.2) is 0 Å². The van der Waals surface area contributed by atoms with Crippen molar-refractivity contribution in [2.24, 2.45) is 5.92 Å². The van der Waals surface area contributed by atoms with Crippen molar-refractivity contribution in [2.45, 2.75) is 44.8 Å². The molecule has 0 bridgehead atoms. The Morgan fingerprint density at radius 3 is 2.42 bits per heavy atom. The van der Waals surface area contributed by atoms with Crippen LogP contribution >= 0.6 is 0 Å². The predicted molar refractivity (Wildman–Crippen MR) is 49.2 cm³/mol. The third-order valence-electron chi connectivity index (χ3n) is 2.88. The average molecular weight is 172 g/mol. The second-order valence-electron chi connectivity index (χ2n) is 3.65. The van der Waals surface area contributed by atoms with Crippen molar-refractivity contribution in [3.63, 3.8) is 0 Å². The summed E-state index contributed by atoms with van der Waals surface area (Å²) in [5.41, 5.74) is 0. The quantitative estimate of drug-likeness (QED) is 0.647. The molecule has 3 atom stereocenters. The van der Waals surface area contributed by atoms with E-state index in [9.17, 15) is 0 Å². The Balaban J connectivity index is 2.39. The Kier molecular flexibility index (Phi) is 4.02. The van der Waals surface area contributed by atoms with Gasteiger partial charge < -0.3 is 9.47 Å². The van der Waals surface area contributed by atoms with Gasteiger partial charge in [0.1, 0.15) is 0 Å². The minimum Gasteiger partial charge on any atom is -0.381 e. The molecule has 0 aliphatic heterocycles. The molecule has 0 aromatic rings. The maximum atomic E-state index is 5.43. The van der Waals surface area contributed by atoms with E-state index in [0.29, 0.717) is 12.2 Å². The van der Waals surface area contributed by atoms with Crippen LogP contribution in [0.1, 0.15) is 32.6 Å². The topological polar surface area (TPSA) is 18.5 Å². The highest BCUT2D eigenvalue weighted by Gasteiger charge is 2.33. The highest BCUT2D eigenvalue weighted by atomic mass is 16.5. The highest BCUT2D eigenvalue weighted by molar-refractivity contribution is 4.84. The number of methoxy groups -OCH3 is 2. The van der Waals surface area contributed by atoms with Crippen LogP contribution in [0.3, 0.4) is 0 Å². The first-order valence-electron chi connectivity index (χ1n) is 4.87. The zero-order valence-electron chi connectivity index (χ0n) is 8.38. The van der Waals surface area contributed by atoms with Crippen molar-refractivity contribution in [2.75, 3.05) is 14.2 Å². The lowest BCUT2D eigenvalue weighted by atomic mass is 10.0. The van der Waals surface area contributed by atoms with Crippen LogP contribution in [0.5, 0.6) is 0 Å². The highest BCUT2D eigenvalue weighted by Crippen LogP contribution is 2.32. The van der Waals surface area contributed by atoms with Crippen LogP contribution in [0.15, 0.2) is 0 Å². The molecule has 12 heavy (non-hydrogen) atoms. The molecule has 2 heteroatoms. The summed E-state index contributed by atoms with van der Waals surface area (Å²) in [5.74, 6) is 0.727. The summed E-state index contributed by atoms with van der Waals surface area (Å²) in [4.78, 5) is 0. The Hall–Kier alpha value is -0.0800. The van der Waals surface area contributed by atoms with Crippen LogP contribution < -0.4 is 0 Å². The standard InChI is InChI=1S/C10H20O2/c1-4-5-8-6-9(11-2)7-10(8)12-3/h8-10H,4-7H2,1-3H3. The molecule has 0 spiro atoms. The molecule has 1 aliphatic carbocycles. The monoisotopic (exact) mass is 172 g/mol. The fourth-order valence-corrected chi connectivity index (χ4v) is 2.19. The van der Waals surface area contributed by atoms with Gasteiger partial charge in [-0.3, -0.25) is 0 Å². The number of ether oxygens (including phenoxy) is 2. The van der Waals surface area contributed by atoms with Gasteiger partial charge in [0, 0.05) is 20.6 Å². The average Bonchev–Trinajstić information content (AvgIpc) is 2.48. The lowest BCUT2D eigenvalue weighted by Gasteiger charge is -2.15. The SMILES string of the molecule is CCCC1CC(OC)CC1OC. The maximum absolute atomic E-state index is 5.43. The van der Waals surface area contributed by atoms with E-state index in [-0.39, 0.29) is 0 Å². The lowest BCUT2D eigenvalue weighted by Crippen LogP contribution is -2.15. The Bertz CT molecular complexity index is 125. The second kappa shape index (κ2) is 4.83. The van der Waals surface area contributed by atoms with Crippen LogP contribution in [0.2, 0.25) is 0 Å². The zero-order valence-corrected chi connectivity index (χ0v) is 8.38. The normalized spacial score (nSPS) is 35.8. The van der Waals surface area contributed by atoms with Gasteiger partial charge >= 0.3 is 0 Å². The fraction of sp³-hybridized carbons (Fsp3) is 1.00. The predicted octanol–water partition coefficient (Wildman–Crippen LogP) is 2.23. The minimum atomic E-state index is 0.437. The number of hydrogen-bond acceptors (Lipinski definition) is 2. The molecular weight excluding hydrogens is 152 g/mol. The third-order valence-corrected chi connectivity index (χ3v) is 2.88. The Morgan fingerprint density at radius 1 is 1.17 bits per heavy atom. The van der Waals surface area contributed by atoms with E-state index in [4.69, 9.17) is 9.47 Å². The van der Waals surface area contributed by atoms with Crippen molar-refractivity contribution in [1.82, 2.24) is 0 Å². The summed E-state index contributed by atoms with van der Waals surface area (Å²) in [5, 5.41) is 0. The van der Waals surface area contributed by atoms with Crippen molar-refractivity contribution < 1.29 is 9.47 Å². The number of hydrogen-bond donors (Lipinski definition) is 0. The molecule has 0 heterocycles. The molecule has 1 fully saturated rings. The van der Waals surface area contributed by atoms with Gasteiger partial charge in [0.2, 0.25) is 0 Å². The second-order valence-corrected chi connectivity index (χ2v) is 3.65. The first-order chi connectivity index (χ1) is 5.81. The van der Waals surface area contributed by atoms with E-state index in [1.165, 1.54) is 19.3 Å². The van der Waals surface area contributed by atoms with Crippen LogP contribution in [0.4, 0.5) is 0 Å². The van der Waals surface area contributed by atoms with E-state index >= 15 is 0 Å². The lowest BCUT2D eigenvalue weighted by molar-refractivity contribution is 0.0546. The first kappa shape index (κ1) is 10.0. The molecule has 2 nitrogen and oxygen atoms in total. The van der Waals surface area contributed by atoms with Gasteiger partial charge in [-0.1, -0.05) is 13.3 Å². The molecular formula is C10H20O2. The largest absolute Gasteiger partial charge is 0.381 e. The molecule has 0 radical (unpaired) electrons. The van der Waals surface area contributed by atoms with Crippen LogP contribution in [0.25, 0.3) is 0 Å². The van der Waals surface area contributed by atoms with Gasteiger partial charge in [0.25, 0.3) is 0 Å². The smallest absolute Gasteiger partial charge is 0.0625 e. The molecule has 1 aliphatic rings. The van der Waals surface area contributed by atoms with E-state index in [1.807, 2.05) is 7.11 Å². The third kappa shape index (κ3) is 2.20.